The Morgan fingerprint density at radius 3 is 2.76 bits per heavy atom. The lowest BCUT2D eigenvalue weighted by molar-refractivity contribution is -0.137. The van der Waals surface area contributed by atoms with E-state index in [1.165, 1.54) is 6.07 Å². The van der Waals surface area contributed by atoms with Crippen molar-refractivity contribution in [2.45, 2.75) is 25.5 Å². The van der Waals surface area contributed by atoms with Crippen LogP contribution in [0.15, 0.2) is 28.6 Å². The standard InChI is InChI=1S/C21H24ClN5O6S/c1-10-2-13(19(32)14(22)3-10)15(5-18(30)31)27-17(29)8-23-20(33)16-4-11(9-34-16)26-21-24-6-12(28)7-25-21/h2-4,9,12,15,28,32H,5-8H2,1H3,(H,23,33)(H,27,29)(H,30,31)(H2,24,25,26). The summed E-state index contributed by atoms with van der Waals surface area (Å²) in [5.74, 6) is -2.13. The molecule has 2 atom stereocenters. The normalized spacial score (nSPS) is 16.1. The maximum absolute atomic E-state index is 12.4. The van der Waals surface area contributed by atoms with Crippen molar-refractivity contribution in [1.82, 2.24) is 16.0 Å². The van der Waals surface area contributed by atoms with Gasteiger partial charge < -0.3 is 36.6 Å². The number of aliphatic hydroxyl groups is 1. The number of carboxylic acid groups (broad SMARTS) is 1. The number of halogens is 1. The molecule has 2 heterocycles. The smallest absolute Gasteiger partial charge is 0.305 e. The number of hydrogen-bond donors (Lipinski definition) is 7. The fourth-order valence-corrected chi connectivity index (χ4v) is 4.24. The van der Waals surface area contributed by atoms with Gasteiger partial charge in [0.25, 0.3) is 5.91 Å². The number of thiophene rings is 1. The van der Waals surface area contributed by atoms with Crippen molar-refractivity contribution in [3.8, 4) is 5.75 Å². The third kappa shape index (κ3) is 6.83. The van der Waals surface area contributed by atoms with Crippen molar-refractivity contribution < 1.29 is 29.7 Å². The summed E-state index contributed by atoms with van der Waals surface area (Å²) in [4.78, 5) is 40.6. The van der Waals surface area contributed by atoms with Gasteiger partial charge in [-0.05, 0) is 24.6 Å². The molecule has 0 spiro atoms. The van der Waals surface area contributed by atoms with Crippen molar-refractivity contribution in [3.05, 3.63) is 44.6 Å². The number of β-amino-alcohol motifs (C(OH)–C–C–N with tert-alkyl or cyclic N) is 1. The summed E-state index contributed by atoms with van der Waals surface area (Å²) in [6.45, 7) is 1.96. The maximum atomic E-state index is 12.4. The van der Waals surface area contributed by atoms with Crippen LogP contribution in [0.5, 0.6) is 5.75 Å². The van der Waals surface area contributed by atoms with Gasteiger partial charge in [-0.15, -0.1) is 11.3 Å². The Bertz CT molecular complexity index is 1120. The lowest BCUT2D eigenvalue weighted by Crippen LogP contribution is -2.42. The minimum atomic E-state index is -1.18. The van der Waals surface area contributed by atoms with E-state index in [-0.39, 0.29) is 22.9 Å². The maximum Gasteiger partial charge on any atom is 0.305 e. The van der Waals surface area contributed by atoms with Crippen molar-refractivity contribution in [2.24, 2.45) is 4.99 Å². The molecule has 11 nitrogen and oxygen atoms in total. The van der Waals surface area contributed by atoms with Gasteiger partial charge in [-0.2, -0.15) is 0 Å². The Labute approximate surface area is 203 Å². The predicted octanol–water partition coefficient (Wildman–Crippen LogP) is 1.21. The second-order valence-electron chi connectivity index (χ2n) is 7.63. The number of carbonyl (C=O) groups is 3. The summed E-state index contributed by atoms with van der Waals surface area (Å²) in [5.41, 5.74) is 1.48. The highest BCUT2D eigenvalue weighted by atomic mass is 35.5. The highest BCUT2D eigenvalue weighted by molar-refractivity contribution is 7.12. The second kappa shape index (κ2) is 11.2. The molecule has 1 aromatic heterocycles. The van der Waals surface area contributed by atoms with E-state index < -0.39 is 42.9 Å². The molecule has 3 rings (SSSR count). The van der Waals surface area contributed by atoms with Crippen molar-refractivity contribution in [3.63, 3.8) is 0 Å². The number of aromatic hydroxyl groups is 1. The van der Waals surface area contributed by atoms with Crippen molar-refractivity contribution >= 4 is 52.4 Å². The molecule has 0 aliphatic carbocycles. The molecule has 0 saturated carbocycles. The summed E-state index contributed by atoms with van der Waals surface area (Å²) in [6.07, 6.45) is -1.02. The highest BCUT2D eigenvalue weighted by Crippen LogP contribution is 2.34. The van der Waals surface area contributed by atoms with E-state index in [1.54, 1.807) is 24.4 Å². The number of rotatable bonds is 8. The quantitative estimate of drug-likeness (QED) is 0.278. The van der Waals surface area contributed by atoms with E-state index in [2.05, 4.69) is 26.3 Å². The molecule has 1 aliphatic heterocycles. The molecule has 0 bridgehead atoms. The van der Waals surface area contributed by atoms with Crippen LogP contribution in [-0.2, 0) is 9.59 Å². The Hall–Kier alpha value is -3.35. The number of aliphatic carboxylic acids is 1. The Balaban J connectivity index is 1.58. The van der Waals surface area contributed by atoms with Crippen LogP contribution in [0.4, 0.5) is 5.69 Å². The van der Waals surface area contributed by atoms with Crippen LogP contribution in [0.25, 0.3) is 0 Å². The van der Waals surface area contributed by atoms with Gasteiger partial charge >= 0.3 is 5.97 Å². The third-order valence-corrected chi connectivity index (χ3v) is 6.00. The molecular formula is C21H24ClN5O6S. The minimum absolute atomic E-state index is 0.0422. The number of phenolic OH excluding ortho intramolecular Hbond substituents is 1. The number of anilines is 1. The zero-order valence-electron chi connectivity index (χ0n) is 18.1. The number of phenols is 1. The van der Waals surface area contributed by atoms with Crippen LogP contribution in [0.2, 0.25) is 5.02 Å². The number of amides is 2. The lowest BCUT2D eigenvalue weighted by atomic mass is 10.00. The monoisotopic (exact) mass is 509 g/mol. The summed E-state index contributed by atoms with van der Waals surface area (Å²) >= 11 is 7.14. The number of benzene rings is 1. The number of carboxylic acids is 1. The number of guanidine groups is 1. The van der Waals surface area contributed by atoms with Crippen LogP contribution in [0.1, 0.15) is 33.3 Å². The van der Waals surface area contributed by atoms with Crippen LogP contribution in [0.3, 0.4) is 0 Å². The van der Waals surface area contributed by atoms with Crippen LogP contribution in [0, 0.1) is 6.92 Å². The summed E-state index contributed by atoms with van der Waals surface area (Å²) in [5, 5.41) is 41.6. The van der Waals surface area contributed by atoms with Gasteiger partial charge in [0.15, 0.2) is 5.96 Å². The number of carbonyl (C=O) groups excluding carboxylic acids is 2. The minimum Gasteiger partial charge on any atom is -0.506 e. The SMILES string of the molecule is Cc1cc(Cl)c(O)c(C(CC(=O)O)NC(=O)CNC(=O)c2cc(NC3=NCC(O)CN3)cs2)c1. The number of aryl methyl sites for hydroxylation is 1. The van der Waals surface area contributed by atoms with Gasteiger partial charge in [-0.3, -0.25) is 19.4 Å². The molecule has 2 aromatic rings. The Morgan fingerprint density at radius 2 is 2.09 bits per heavy atom. The fraction of sp³-hybridized carbons (Fsp3) is 0.333. The van der Waals surface area contributed by atoms with Crippen LogP contribution < -0.4 is 21.3 Å². The number of aliphatic hydroxyl groups excluding tert-OH is 1. The Morgan fingerprint density at radius 1 is 1.32 bits per heavy atom. The van der Waals surface area contributed by atoms with Crippen LogP contribution in [-0.4, -0.2) is 64.8 Å². The third-order valence-electron chi connectivity index (χ3n) is 4.79. The first-order valence-electron chi connectivity index (χ1n) is 10.2. The van der Waals surface area contributed by atoms with Gasteiger partial charge in [-0.25, -0.2) is 0 Å². The average Bonchev–Trinajstić information content (AvgIpc) is 3.24. The Kier molecular flexibility index (Phi) is 8.31. The van der Waals surface area contributed by atoms with Crippen molar-refractivity contribution in [2.75, 3.05) is 25.0 Å². The molecule has 34 heavy (non-hydrogen) atoms. The molecule has 1 aromatic carbocycles. The molecule has 2 unspecified atom stereocenters. The van der Waals surface area contributed by atoms with Gasteiger partial charge in [-0.1, -0.05) is 17.7 Å². The summed E-state index contributed by atoms with van der Waals surface area (Å²) in [6, 6.07) is 3.61. The van der Waals surface area contributed by atoms with Crippen LogP contribution >= 0.6 is 22.9 Å². The summed E-state index contributed by atoms with van der Waals surface area (Å²) in [7, 11) is 0. The van der Waals surface area contributed by atoms with Gasteiger partial charge in [0.2, 0.25) is 5.91 Å². The zero-order chi connectivity index (χ0) is 24.8. The molecular weight excluding hydrogens is 486 g/mol. The van der Waals surface area contributed by atoms with Gasteiger partial charge in [0.05, 0.1) is 47.2 Å². The first-order valence-corrected chi connectivity index (χ1v) is 11.5. The molecule has 0 saturated heterocycles. The second-order valence-corrected chi connectivity index (χ2v) is 8.95. The number of nitrogens with zero attached hydrogens (tertiary/aromatic N) is 1. The molecule has 0 radical (unpaired) electrons. The molecule has 13 heteroatoms. The van der Waals surface area contributed by atoms with Gasteiger partial charge in [0, 0.05) is 17.5 Å². The number of aliphatic imine (C=N–C) groups is 1. The predicted molar refractivity (Wildman–Crippen MR) is 128 cm³/mol. The van der Waals surface area contributed by atoms with Gasteiger partial charge in [0.1, 0.15) is 5.75 Å². The lowest BCUT2D eigenvalue weighted by Gasteiger charge is -2.20. The molecule has 7 N–H and O–H groups in total. The van der Waals surface area contributed by atoms with E-state index >= 15 is 0 Å². The van der Waals surface area contributed by atoms with E-state index in [0.717, 1.165) is 11.3 Å². The van der Waals surface area contributed by atoms with E-state index in [9.17, 15) is 29.7 Å². The fourth-order valence-electron chi connectivity index (χ4n) is 3.21. The summed E-state index contributed by atoms with van der Waals surface area (Å²) < 4.78 is 0. The topological polar surface area (TPSA) is 172 Å². The first-order chi connectivity index (χ1) is 16.1. The largest absolute Gasteiger partial charge is 0.506 e. The molecule has 182 valence electrons. The number of hydrogen-bond acceptors (Lipinski definition) is 9. The molecule has 0 fully saturated rings. The highest BCUT2D eigenvalue weighted by Gasteiger charge is 2.23. The average molecular weight is 510 g/mol. The number of nitrogens with one attached hydrogen (secondary N) is 4. The first kappa shape index (κ1) is 25.3. The van der Waals surface area contributed by atoms with E-state index in [4.69, 9.17) is 11.6 Å². The molecule has 1 aliphatic rings. The zero-order valence-corrected chi connectivity index (χ0v) is 19.7. The van der Waals surface area contributed by atoms with Crippen molar-refractivity contribution in [1.29, 1.82) is 0 Å². The van der Waals surface area contributed by atoms with E-state index in [1.807, 2.05) is 0 Å². The van der Waals surface area contributed by atoms with E-state index in [0.29, 0.717) is 28.6 Å². The molecule has 2 amide bonds.